The smallest absolute Gasteiger partial charge is 0.199 e. The summed E-state index contributed by atoms with van der Waals surface area (Å²) in [7, 11) is -1.12. The van der Waals surface area contributed by atoms with E-state index in [1.54, 1.807) is 12.2 Å². The Labute approximate surface area is 163 Å². The summed E-state index contributed by atoms with van der Waals surface area (Å²) in [6.45, 7) is 1.76. The molecule has 1 aliphatic heterocycles. The number of ketones is 1. The molecule has 3 N–H and O–H groups in total. The largest absolute Gasteiger partial charge is 0.331 e. The van der Waals surface area contributed by atoms with E-state index in [1.165, 1.54) is 6.08 Å². The van der Waals surface area contributed by atoms with Gasteiger partial charge < -0.3 is 9.84 Å². The van der Waals surface area contributed by atoms with Crippen molar-refractivity contribution in [1.29, 1.82) is 0 Å². The number of rotatable bonds is 7. The van der Waals surface area contributed by atoms with Crippen molar-refractivity contribution in [3.05, 3.63) is 23.9 Å². The van der Waals surface area contributed by atoms with E-state index >= 15 is 0 Å². The molecule has 0 radical (unpaired) electrons. The van der Waals surface area contributed by atoms with E-state index in [0.29, 0.717) is 50.0 Å². The first-order chi connectivity index (χ1) is 12.0. The third kappa shape index (κ3) is 6.41. The SMILES string of the molecule is O=C1C=CC(NC(=S)N(O)C2CCOP(N(CCCl)CCCl)N2)=CC1. The average Bonchev–Trinajstić information content (AvgIpc) is 2.63. The second-order valence-corrected chi connectivity index (χ2v) is 8.08. The highest BCUT2D eigenvalue weighted by Gasteiger charge is 2.31. The summed E-state index contributed by atoms with van der Waals surface area (Å²) in [5.41, 5.74) is 0.684. The highest BCUT2D eigenvalue weighted by atomic mass is 35.5. The number of allylic oxidation sites excluding steroid dienone is 3. The third-order valence-electron chi connectivity index (χ3n) is 3.53. The molecule has 0 aromatic heterocycles. The minimum atomic E-state index is -1.12. The van der Waals surface area contributed by atoms with Crippen molar-refractivity contribution in [3.63, 3.8) is 0 Å². The van der Waals surface area contributed by atoms with Crippen molar-refractivity contribution in [2.75, 3.05) is 31.5 Å². The van der Waals surface area contributed by atoms with Gasteiger partial charge in [0.15, 0.2) is 19.3 Å². The molecule has 25 heavy (non-hydrogen) atoms. The molecule has 1 fully saturated rings. The number of halogens is 2. The van der Waals surface area contributed by atoms with Crippen LogP contribution in [0.5, 0.6) is 0 Å². The van der Waals surface area contributed by atoms with Gasteiger partial charge in [-0.15, -0.1) is 23.2 Å². The molecule has 2 atom stereocenters. The van der Waals surface area contributed by atoms with Gasteiger partial charge in [0.25, 0.3) is 0 Å². The monoisotopic (exact) mass is 426 g/mol. The highest BCUT2D eigenvalue weighted by molar-refractivity contribution is 7.80. The van der Waals surface area contributed by atoms with Crippen LogP contribution in [0.3, 0.4) is 0 Å². The van der Waals surface area contributed by atoms with Crippen LogP contribution in [-0.4, -0.2) is 63.5 Å². The van der Waals surface area contributed by atoms with Crippen molar-refractivity contribution in [1.82, 2.24) is 20.1 Å². The molecule has 140 valence electrons. The van der Waals surface area contributed by atoms with E-state index in [2.05, 4.69) is 10.4 Å². The van der Waals surface area contributed by atoms with Gasteiger partial charge in [-0.2, -0.15) is 0 Å². The first kappa shape index (κ1) is 21.0. The molecule has 0 amide bonds. The molecule has 0 spiro atoms. The van der Waals surface area contributed by atoms with Crippen LogP contribution in [0.1, 0.15) is 12.8 Å². The van der Waals surface area contributed by atoms with Crippen molar-refractivity contribution in [2.24, 2.45) is 0 Å². The quantitative estimate of drug-likeness (QED) is 0.247. The fourth-order valence-corrected chi connectivity index (χ4v) is 4.88. The maximum Gasteiger partial charge on any atom is 0.199 e. The Hall–Kier alpha value is -0.310. The van der Waals surface area contributed by atoms with Gasteiger partial charge >= 0.3 is 0 Å². The molecule has 2 unspecified atom stereocenters. The van der Waals surface area contributed by atoms with Crippen LogP contribution in [0.4, 0.5) is 0 Å². The Kier molecular flexibility index (Phi) is 9.02. The summed E-state index contributed by atoms with van der Waals surface area (Å²) >= 11 is 16.9. The molecule has 7 nitrogen and oxygen atoms in total. The van der Waals surface area contributed by atoms with E-state index in [0.717, 1.165) is 5.06 Å². The van der Waals surface area contributed by atoms with E-state index in [9.17, 15) is 10.0 Å². The van der Waals surface area contributed by atoms with E-state index in [-0.39, 0.29) is 17.1 Å². The second-order valence-electron chi connectivity index (χ2n) is 5.31. The Balaban J connectivity index is 1.91. The lowest BCUT2D eigenvalue weighted by Gasteiger charge is -2.39. The molecule has 2 rings (SSSR count). The summed E-state index contributed by atoms with van der Waals surface area (Å²) < 4.78 is 7.80. The fourth-order valence-electron chi connectivity index (χ4n) is 2.25. The Morgan fingerprint density at radius 3 is 2.76 bits per heavy atom. The molecule has 1 saturated heterocycles. The van der Waals surface area contributed by atoms with Gasteiger partial charge in [0.2, 0.25) is 0 Å². The maximum absolute atomic E-state index is 11.2. The summed E-state index contributed by atoms with van der Waals surface area (Å²) in [4.78, 5) is 11.2. The van der Waals surface area contributed by atoms with Crippen molar-refractivity contribution in [3.8, 4) is 0 Å². The predicted molar refractivity (Wildman–Crippen MR) is 104 cm³/mol. The molecule has 1 heterocycles. The van der Waals surface area contributed by atoms with Crippen LogP contribution >= 0.6 is 43.9 Å². The number of hydrogen-bond acceptors (Lipinski definition) is 6. The minimum absolute atomic E-state index is 0.0349. The van der Waals surface area contributed by atoms with Crippen LogP contribution in [-0.2, 0) is 9.32 Å². The molecule has 0 bridgehead atoms. The normalized spacial score (nSPS) is 23.5. The van der Waals surface area contributed by atoms with Crippen LogP contribution in [0.2, 0.25) is 0 Å². The van der Waals surface area contributed by atoms with Gasteiger partial charge in [0, 0.05) is 43.4 Å². The lowest BCUT2D eigenvalue weighted by molar-refractivity contribution is -0.113. The highest BCUT2D eigenvalue weighted by Crippen LogP contribution is 2.41. The number of nitrogens with zero attached hydrogens (tertiary/aromatic N) is 2. The predicted octanol–water partition coefficient (Wildman–Crippen LogP) is 2.31. The molecule has 2 aliphatic rings. The van der Waals surface area contributed by atoms with Crippen LogP contribution in [0.15, 0.2) is 23.9 Å². The zero-order valence-electron chi connectivity index (χ0n) is 13.5. The van der Waals surface area contributed by atoms with Gasteiger partial charge in [-0.05, 0) is 24.4 Å². The first-order valence-corrected chi connectivity index (χ1v) is 10.5. The number of nitrogens with one attached hydrogen (secondary N) is 2. The Morgan fingerprint density at radius 1 is 1.44 bits per heavy atom. The van der Waals surface area contributed by atoms with Gasteiger partial charge in [0.05, 0.1) is 6.61 Å². The van der Waals surface area contributed by atoms with Crippen molar-refractivity contribution in [2.45, 2.75) is 19.0 Å². The Morgan fingerprint density at radius 2 is 2.16 bits per heavy atom. The van der Waals surface area contributed by atoms with E-state index < -0.39 is 8.45 Å². The zero-order chi connectivity index (χ0) is 18.2. The summed E-state index contributed by atoms with van der Waals surface area (Å²) in [6.07, 6.45) is 5.35. The zero-order valence-corrected chi connectivity index (χ0v) is 16.8. The van der Waals surface area contributed by atoms with Gasteiger partial charge in [-0.1, -0.05) is 6.08 Å². The number of alkyl halides is 2. The number of carbonyl (C=O) groups excluding carboxylic acids is 1. The third-order valence-corrected chi connectivity index (χ3v) is 6.02. The first-order valence-electron chi connectivity index (χ1n) is 7.81. The number of carbonyl (C=O) groups is 1. The summed E-state index contributed by atoms with van der Waals surface area (Å²) in [6, 6.07) is 0. The molecule has 11 heteroatoms. The maximum atomic E-state index is 11.2. The molecule has 0 aromatic rings. The molecular weight excluding hydrogens is 406 g/mol. The standard InChI is InChI=1S/C14H21Cl2N4O3PS/c15-6-8-19(9-7-16)24-18-13(5-10-23-24)20(22)14(25)17-11-1-3-12(21)4-2-11/h1-3,13,18,22H,4-10H2,(H,17,25). The van der Waals surface area contributed by atoms with Crippen LogP contribution in [0, 0.1) is 0 Å². The summed E-state index contributed by atoms with van der Waals surface area (Å²) in [5.74, 6) is 0.966. The minimum Gasteiger partial charge on any atom is -0.331 e. The van der Waals surface area contributed by atoms with Gasteiger partial charge in [-0.25, -0.2) is 14.8 Å². The van der Waals surface area contributed by atoms with Crippen LogP contribution in [0.25, 0.3) is 0 Å². The number of hydrogen-bond donors (Lipinski definition) is 3. The van der Waals surface area contributed by atoms with Crippen molar-refractivity contribution < 1.29 is 14.5 Å². The van der Waals surface area contributed by atoms with E-state index in [1.807, 2.05) is 4.67 Å². The number of hydroxylamine groups is 2. The molecular formula is C14H21Cl2N4O3PS. The Bertz CT molecular complexity index is 546. The van der Waals surface area contributed by atoms with Gasteiger partial charge in [0.1, 0.15) is 6.17 Å². The van der Waals surface area contributed by atoms with Gasteiger partial charge in [-0.3, -0.25) is 10.0 Å². The average molecular weight is 427 g/mol. The summed E-state index contributed by atoms with van der Waals surface area (Å²) in [5, 5.41) is 17.7. The topological polar surface area (TPSA) is 77.1 Å². The lowest BCUT2D eigenvalue weighted by atomic mass is 10.1. The van der Waals surface area contributed by atoms with Crippen molar-refractivity contribution >= 4 is 54.8 Å². The lowest BCUT2D eigenvalue weighted by Crippen LogP contribution is -2.52. The molecule has 0 aromatic carbocycles. The second kappa shape index (κ2) is 10.7. The molecule has 0 saturated carbocycles. The molecule has 1 aliphatic carbocycles. The van der Waals surface area contributed by atoms with E-state index in [4.69, 9.17) is 39.9 Å². The number of thiocarbonyl (C=S) groups is 1. The van der Waals surface area contributed by atoms with Crippen LogP contribution < -0.4 is 10.4 Å². The fraction of sp³-hybridized carbons (Fsp3) is 0.571.